The Hall–Kier alpha value is -1.94. The normalized spacial score (nSPS) is 10.5. The molecule has 19 heavy (non-hydrogen) atoms. The number of benzene rings is 2. The van der Waals surface area contributed by atoms with Gasteiger partial charge in [0, 0.05) is 12.1 Å². The maximum Gasteiger partial charge on any atom is 0.167 e. The van der Waals surface area contributed by atoms with Crippen molar-refractivity contribution in [1.29, 1.82) is 0 Å². The average molecular weight is 263 g/mol. The predicted molar refractivity (Wildman–Crippen MR) is 69.8 cm³/mol. The molecule has 4 heteroatoms. The molecule has 0 heterocycles. The zero-order chi connectivity index (χ0) is 13.8. The number of nitrogens with two attached hydrogens (primary N) is 1. The molecule has 0 saturated carbocycles. The van der Waals surface area contributed by atoms with Crippen molar-refractivity contribution in [1.82, 2.24) is 0 Å². The van der Waals surface area contributed by atoms with Crippen molar-refractivity contribution in [3.05, 3.63) is 64.7 Å². The average Bonchev–Trinajstić information content (AvgIpc) is 2.41. The highest BCUT2D eigenvalue weighted by Gasteiger charge is 2.08. The molecule has 2 nitrogen and oxygen atoms in total. The van der Waals surface area contributed by atoms with E-state index in [1.165, 1.54) is 12.1 Å². The first-order valence-corrected chi connectivity index (χ1v) is 5.97. The lowest BCUT2D eigenvalue weighted by Gasteiger charge is -2.10. The van der Waals surface area contributed by atoms with Crippen LogP contribution in [-0.4, -0.2) is 0 Å². The summed E-state index contributed by atoms with van der Waals surface area (Å²) in [7, 11) is 0. The highest BCUT2D eigenvalue weighted by molar-refractivity contribution is 5.31. The Balaban J connectivity index is 2.12. The van der Waals surface area contributed by atoms with Crippen LogP contribution in [0.15, 0.2) is 36.4 Å². The maximum absolute atomic E-state index is 13.7. The van der Waals surface area contributed by atoms with Gasteiger partial charge >= 0.3 is 0 Å². The Morgan fingerprint density at radius 2 is 1.95 bits per heavy atom. The molecular formula is C15H15F2NO. The summed E-state index contributed by atoms with van der Waals surface area (Å²) in [4.78, 5) is 0. The van der Waals surface area contributed by atoms with Gasteiger partial charge in [0.2, 0.25) is 0 Å². The molecule has 2 aromatic carbocycles. The fraction of sp³-hybridized carbons (Fsp3) is 0.200. The minimum Gasteiger partial charge on any atom is -0.486 e. The Kier molecular flexibility index (Phi) is 4.12. The monoisotopic (exact) mass is 263 g/mol. The van der Waals surface area contributed by atoms with Crippen molar-refractivity contribution in [2.45, 2.75) is 20.1 Å². The molecule has 0 amide bonds. The fourth-order valence-corrected chi connectivity index (χ4v) is 1.72. The number of ether oxygens (including phenoxy) is 1. The third-order valence-corrected chi connectivity index (χ3v) is 2.89. The van der Waals surface area contributed by atoms with Crippen molar-refractivity contribution in [2.75, 3.05) is 0 Å². The molecule has 0 saturated heterocycles. The van der Waals surface area contributed by atoms with Gasteiger partial charge in [0.25, 0.3) is 0 Å². The number of hydrogen-bond acceptors (Lipinski definition) is 2. The first-order valence-electron chi connectivity index (χ1n) is 5.97. The Morgan fingerprint density at radius 1 is 1.16 bits per heavy atom. The van der Waals surface area contributed by atoms with Crippen molar-refractivity contribution in [2.24, 2.45) is 5.73 Å². The quantitative estimate of drug-likeness (QED) is 0.918. The van der Waals surface area contributed by atoms with Gasteiger partial charge in [-0.1, -0.05) is 24.3 Å². The number of hydrogen-bond donors (Lipinski definition) is 1. The molecule has 0 radical (unpaired) electrons. The molecule has 2 N–H and O–H groups in total. The Labute approximate surface area is 110 Å². The molecule has 0 fully saturated rings. The molecule has 0 aliphatic heterocycles. The molecule has 0 aliphatic carbocycles. The van der Waals surface area contributed by atoms with Crippen molar-refractivity contribution in [3.63, 3.8) is 0 Å². The molecule has 0 atom stereocenters. The van der Waals surface area contributed by atoms with Crippen LogP contribution in [0.5, 0.6) is 5.75 Å². The smallest absolute Gasteiger partial charge is 0.167 e. The Morgan fingerprint density at radius 3 is 2.63 bits per heavy atom. The van der Waals surface area contributed by atoms with Gasteiger partial charge in [-0.2, -0.15) is 0 Å². The highest BCUT2D eigenvalue weighted by atomic mass is 19.1. The second-order valence-electron chi connectivity index (χ2n) is 4.31. The maximum atomic E-state index is 13.7. The molecule has 0 aromatic heterocycles. The van der Waals surface area contributed by atoms with Crippen molar-refractivity contribution >= 4 is 0 Å². The van der Waals surface area contributed by atoms with Gasteiger partial charge in [-0.15, -0.1) is 0 Å². The number of aryl methyl sites for hydroxylation is 1. The molecule has 100 valence electrons. The molecule has 0 spiro atoms. The van der Waals surface area contributed by atoms with E-state index in [1.54, 1.807) is 31.2 Å². The third-order valence-electron chi connectivity index (χ3n) is 2.89. The fourth-order valence-electron chi connectivity index (χ4n) is 1.72. The number of rotatable bonds is 4. The summed E-state index contributed by atoms with van der Waals surface area (Å²) in [5.41, 5.74) is 7.00. The minimum atomic E-state index is -0.415. The van der Waals surface area contributed by atoms with Crippen LogP contribution < -0.4 is 10.5 Å². The largest absolute Gasteiger partial charge is 0.486 e. The van der Waals surface area contributed by atoms with Crippen LogP contribution in [0.3, 0.4) is 0 Å². The molecule has 0 aliphatic rings. The van der Waals surface area contributed by atoms with Gasteiger partial charge in [-0.3, -0.25) is 0 Å². The zero-order valence-corrected chi connectivity index (χ0v) is 10.6. The first-order chi connectivity index (χ1) is 9.11. The highest BCUT2D eigenvalue weighted by Crippen LogP contribution is 2.21. The molecule has 0 unspecified atom stereocenters. The van der Waals surface area contributed by atoms with Crippen molar-refractivity contribution in [3.8, 4) is 5.75 Å². The van der Waals surface area contributed by atoms with E-state index in [1.807, 2.05) is 0 Å². The van der Waals surface area contributed by atoms with E-state index < -0.39 is 11.6 Å². The third kappa shape index (κ3) is 3.09. The summed E-state index contributed by atoms with van der Waals surface area (Å²) in [6.07, 6.45) is 0. The van der Waals surface area contributed by atoms with Gasteiger partial charge in [0.05, 0.1) is 0 Å². The van der Waals surface area contributed by atoms with Gasteiger partial charge in [0.15, 0.2) is 11.6 Å². The topological polar surface area (TPSA) is 35.2 Å². The van der Waals surface area contributed by atoms with Crippen LogP contribution in [0.1, 0.15) is 16.7 Å². The van der Waals surface area contributed by atoms with Crippen LogP contribution in [0.4, 0.5) is 8.78 Å². The second-order valence-corrected chi connectivity index (χ2v) is 4.31. The van der Waals surface area contributed by atoms with Gasteiger partial charge in [-0.25, -0.2) is 8.78 Å². The van der Waals surface area contributed by atoms with E-state index in [-0.39, 0.29) is 18.9 Å². The van der Waals surface area contributed by atoms with Gasteiger partial charge in [0.1, 0.15) is 12.4 Å². The minimum absolute atomic E-state index is 0.0168. The lowest BCUT2D eigenvalue weighted by Crippen LogP contribution is -2.03. The summed E-state index contributed by atoms with van der Waals surface area (Å²) in [5, 5.41) is 0. The van der Waals surface area contributed by atoms with E-state index in [4.69, 9.17) is 10.5 Å². The molecular weight excluding hydrogens is 248 g/mol. The van der Waals surface area contributed by atoms with E-state index in [0.717, 1.165) is 0 Å². The Bertz CT molecular complexity index is 584. The predicted octanol–water partition coefficient (Wildman–Crippen LogP) is 3.31. The van der Waals surface area contributed by atoms with Gasteiger partial charge in [-0.05, 0) is 30.2 Å². The van der Waals surface area contributed by atoms with E-state index >= 15 is 0 Å². The second kappa shape index (κ2) is 5.80. The van der Waals surface area contributed by atoms with Gasteiger partial charge < -0.3 is 10.5 Å². The van der Waals surface area contributed by atoms with Crippen LogP contribution in [0, 0.1) is 18.6 Å². The standard InChI is InChI=1S/C15H15F2NO/c1-10-3-2-4-14(15(10)17)19-9-12-6-5-11(8-18)7-13(12)16/h2-7H,8-9,18H2,1H3. The molecule has 0 bridgehead atoms. The lowest BCUT2D eigenvalue weighted by atomic mass is 10.1. The summed E-state index contributed by atoms with van der Waals surface area (Å²) in [5.74, 6) is -0.681. The van der Waals surface area contributed by atoms with Crippen LogP contribution in [0.2, 0.25) is 0 Å². The number of halogens is 2. The van der Waals surface area contributed by atoms with E-state index in [0.29, 0.717) is 16.7 Å². The zero-order valence-electron chi connectivity index (χ0n) is 10.6. The van der Waals surface area contributed by atoms with E-state index in [2.05, 4.69) is 0 Å². The first kappa shape index (κ1) is 13.5. The summed E-state index contributed by atoms with van der Waals surface area (Å²) < 4.78 is 32.7. The lowest BCUT2D eigenvalue weighted by molar-refractivity contribution is 0.284. The van der Waals surface area contributed by atoms with E-state index in [9.17, 15) is 8.78 Å². The summed E-state index contributed by atoms with van der Waals surface area (Å²) in [6, 6.07) is 9.57. The van der Waals surface area contributed by atoms with Crippen molar-refractivity contribution < 1.29 is 13.5 Å². The summed E-state index contributed by atoms with van der Waals surface area (Å²) in [6.45, 7) is 1.92. The molecule has 2 aromatic rings. The summed E-state index contributed by atoms with van der Waals surface area (Å²) >= 11 is 0. The van der Waals surface area contributed by atoms with Crippen LogP contribution in [-0.2, 0) is 13.2 Å². The van der Waals surface area contributed by atoms with Crippen LogP contribution in [0.25, 0.3) is 0 Å². The SMILES string of the molecule is Cc1cccc(OCc2ccc(CN)cc2F)c1F. The van der Waals surface area contributed by atoms with Crippen LogP contribution >= 0.6 is 0 Å². The molecule has 2 rings (SSSR count).